The van der Waals surface area contributed by atoms with E-state index in [0.717, 1.165) is 19.5 Å². The van der Waals surface area contributed by atoms with E-state index in [9.17, 15) is 4.79 Å². The molecule has 0 aromatic heterocycles. The van der Waals surface area contributed by atoms with Gasteiger partial charge in [-0.25, -0.2) is 0 Å². The highest BCUT2D eigenvalue weighted by atomic mass is 16.5. The van der Waals surface area contributed by atoms with Crippen molar-refractivity contribution in [1.29, 1.82) is 0 Å². The SMILES string of the molecule is CC(=O)N[C@H]1[C@H]2[C@@H]3CCN2C[C@H]1O3. The summed E-state index contributed by atoms with van der Waals surface area (Å²) in [6, 6.07) is 0.721. The summed E-state index contributed by atoms with van der Waals surface area (Å²) >= 11 is 0. The molecule has 0 unspecified atom stereocenters. The maximum Gasteiger partial charge on any atom is 0.217 e. The van der Waals surface area contributed by atoms with Crippen molar-refractivity contribution < 1.29 is 9.53 Å². The standard InChI is InChI=1S/C9H14N2O2/c1-5(12)10-8-7-4-11-3-2-6(13-7)9(8)11/h6-9H,2-4H2,1H3,(H,10,12)/t6-,7+,8+,9+/m0/s1. The lowest BCUT2D eigenvalue weighted by Gasteiger charge is -2.21. The molecule has 4 heteroatoms. The van der Waals surface area contributed by atoms with Crippen molar-refractivity contribution in [2.24, 2.45) is 0 Å². The number of amides is 1. The summed E-state index contributed by atoms with van der Waals surface area (Å²) in [4.78, 5) is 13.4. The first-order valence-corrected chi connectivity index (χ1v) is 4.92. The molecule has 0 aromatic carbocycles. The Morgan fingerprint density at radius 1 is 1.54 bits per heavy atom. The minimum atomic E-state index is 0.0630. The number of rotatable bonds is 1. The second-order valence-electron chi connectivity index (χ2n) is 4.21. The first kappa shape index (κ1) is 7.76. The van der Waals surface area contributed by atoms with Crippen molar-refractivity contribution in [3.63, 3.8) is 0 Å². The third-order valence-electron chi connectivity index (χ3n) is 3.41. The van der Waals surface area contributed by atoms with Crippen LogP contribution in [0.2, 0.25) is 0 Å². The van der Waals surface area contributed by atoms with Crippen LogP contribution >= 0.6 is 0 Å². The highest BCUT2D eigenvalue weighted by Gasteiger charge is 2.57. The zero-order chi connectivity index (χ0) is 9.00. The monoisotopic (exact) mass is 182 g/mol. The van der Waals surface area contributed by atoms with Crippen molar-refractivity contribution in [3.05, 3.63) is 0 Å². The van der Waals surface area contributed by atoms with Gasteiger partial charge in [0.1, 0.15) is 0 Å². The summed E-state index contributed by atoms with van der Waals surface area (Å²) in [5, 5.41) is 3.00. The van der Waals surface area contributed by atoms with Gasteiger partial charge in [0, 0.05) is 20.0 Å². The van der Waals surface area contributed by atoms with E-state index in [4.69, 9.17) is 4.74 Å². The van der Waals surface area contributed by atoms with Gasteiger partial charge in [0.2, 0.25) is 5.91 Å². The van der Waals surface area contributed by atoms with Crippen molar-refractivity contribution in [2.45, 2.75) is 37.6 Å². The van der Waals surface area contributed by atoms with Gasteiger partial charge >= 0.3 is 0 Å². The van der Waals surface area contributed by atoms with Crippen molar-refractivity contribution in [2.75, 3.05) is 13.1 Å². The fourth-order valence-electron chi connectivity index (χ4n) is 3.00. The van der Waals surface area contributed by atoms with E-state index in [1.807, 2.05) is 0 Å². The maximum atomic E-state index is 11.0. The number of carbonyl (C=O) groups excluding carboxylic acids is 1. The van der Waals surface area contributed by atoms with E-state index in [1.54, 1.807) is 6.92 Å². The lowest BCUT2D eigenvalue weighted by atomic mass is 10.1. The third-order valence-corrected chi connectivity index (χ3v) is 3.41. The molecule has 0 saturated carbocycles. The molecule has 3 heterocycles. The van der Waals surface area contributed by atoms with Gasteiger partial charge in [-0.05, 0) is 6.42 Å². The summed E-state index contributed by atoms with van der Waals surface area (Å²) in [7, 11) is 0. The van der Waals surface area contributed by atoms with E-state index in [0.29, 0.717) is 12.1 Å². The number of hydrogen-bond donors (Lipinski definition) is 1. The van der Waals surface area contributed by atoms with Crippen LogP contribution in [-0.4, -0.2) is 48.2 Å². The zero-order valence-electron chi connectivity index (χ0n) is 7.69. The molecule has 3 saturated heterocycles. The molecule has 2 bridgehead atoms. The fourth-order valence-corrected chi connectivity index (χ4v) is 3.00. The molecule has 3 rings (SSSR count). The Kier molecular flexibility index (Phi) is 1.46. The summed E-state index contributed by atoms with van der Waals surface area (Å²) in [5.74, 6) is 0.0630. The Bertz CT molecular complexity index is 242. The van der Waals surface area contributed by atoms with Gasteiger partial charge in [0.05, 0.1) is 24.3 Å². The molecule has 72 valence electrons. The zero-order valence-corrected chi connectivity index (χ0v) is 7.69. The number of fused-ring (bicyclic) bond motifs is 1. The Morgan fingerprint density at radius 3 is 3.08 bits per heavy atom. The average molecular weight is 182 g/mol. The first-order chi connectivity index (χ1) is 6.25. The second-order valence-corrected chi connectivity index (χ2v) is 4.21. The lowest BCUT2D eigenvalue weighted by Crippen LogP contribution is -2.44. The van der Waals surface area contributed by atoms with Crippen molar-refractivity contribution in [1.82, 2.24) is 10.2 Å². The van der Waals surface area contributed by atoms with Crippen LogP contribution in [0.3, 0.4) is 0 Å². The maximum absolute atomic E-state index is 11.0. The Hall–Kier alpha value is -0.610. The lowest BCUT2D eigenvalue weighted by molar-refractivity contribution is -0.119. The van der Waals surface area contributed by atoms with Gasteiger partial charge in [0.25, 0.3) is 0 Å². The van der Waals surface area contributed by atoms with Crippen molar-refractivity contribution >= 4 is 5.91 Å². The molecular formula is C9H14N2O2. The Morgan fingerprint density at radius 2 is 2.38 bits per heavy atom. The smallest absolute Gasteiger partial charge is 0.217 e. The molecule has 3 aliphatic heterocycles. The first-order valence-electron chi connectivity index (χ1n) is 4.92. The highest BCUT2D eigenvalue weighted by molar-refractivity contribution is 5.73. The molecule has 1 N–H and O–H groups in total. The third kappa shape index (κ3) is 0.957. The molecule has 0 aromatic rings. The average Bonchev–Trinajstić information content (AvgIpc) is 2.60. The molecule has 4 nitrogen and oxygen atoms in total. The molecule has 13 heavy (non-hydrogen) atoms. The molecular weight excluding hydrogens is 168 g/mol. The number of ether oxygens (including phenoxy) is 1. The molecule has 3 fully saturated rings. The van der Waals surface area contributed by atoms with E-state index < -0.39 is 0 Å². The molecule has 3 aliphatic rings. The normalized spacial score (nSPS) is 47.2. The molecule has 1 amide bonds. The number of nitrogens with zero attached hydrogens (tertiary/aromatic N) is 1. The van der Waals surface area contributed by atoms with Gasteiger partial charge in [-0.15, -0.1) is 0 Å². The quantitative estimate of drug-likeness (QED) is 0.585. The van der Waals surface area contributed by atoms with Gasteiger partial charge in [-0.1, -0.05) is 0 Å². The van der Waals surface area contributed by atoms with Crippen LogP contribution in [-0.2, 0) is 9.53 Å². The molecule has 0 aliphatic carbocycles. The Labute approximate surface area is 77.2 Å². The summed E-state index contributed by atoms with van der Waals surface area (Å²) in [5.41, 5.74) is 0. The predicted octanol–water partition coefficient (Wildman–Crippen LogP) is -0.654. The predicted molar refractivity (Wildman–Crippen MR) is 46.2 cm³/mol. The van der Waals surface area contributed by atoms with E-state index >= 15 is 0 Å². The van der Waals surface area contributed by atoms with Crippen molar-refractivity contribution in [3.8, 4) is 0 Å². The number of morpholine rings is 1. The highest BCUT2D eigenvalue weighted by Crippen LogP contribution is 2.39. The van der Waals surface area contributed by atoms with E-state index in [1.165, 1.54) is 0 Å². The van der Waals surface area contributed by atoms with Gasteiger partial charge in [-0.3, -0.25) is 9.69 Å². The fraction of sp³-hybridized carbons (Fsp3) is 0.889. The largest absolute Gasteiger partial charge is 0.370 e. The minimum absolute atomic E-state index is 0.0630. The van der Waals surface area contributed by atoms with Gasteiger partial charge < -0.3 is 10.1 Å². The van der Waals surface area contributed by atoms with E-state index in [-0.39, 0.29) is 18.1 Å². The van der Waals surface area contributed by atoms with Crippen LogP contribution in [0.15, 0.2) is 0 Å². The van der Waals surface area contributed by atoms with Crippen LogP contribution in [0, 0.1) is 0 Å². The summed E-state index contributed by atoms with van der Waals surface area (Å²) in [6.07, 6.45) is 1.77. The number of nitrogens with one attached hydrogen (secondary N) is 1. The van der Waals surface area contributed by atoms with Crippen LogP contribution in [0.5, 0.6) is 0 Å². The summed E-state index contributed by atoms with van der Waals surface area (Å²) < 4.78 is 5.81. The number of hydrogen-bond acceptors (Lipinski definition) is 3. The Balaban J connectivity index is 1.81. The minimum Gasteiger partial charge on any atom is -0.370 e. The molecule has 0 radical (unpaired) electrons. The van der Waals surface area contributed by atoms with E-state index in [2.05, 4.69) is 10.2 Å². The van der Waals surface area contributed by atoms with Crippen LogP contribution in [0.4, 0.5) is 0 Å². The molecule has 0 spiro atoms. The topological polar surface area (TPSA) is 41.6 Å². The van der Waals surface area contributed by atoms with Crippen LogP contribution in [0.25, 0.3) is 0 Å². The molecule has 4 atom stereocenters. The summed E-state index contributed by atoms with van der Waals surface area (Å²) in [6.45, 7) is 3.73. The van der Waals surface area contributed by atoms with Crippen LogP contribution in [0.1, 0.15) is 13.3 Å². The van der Waals surface area contributed by atoms with Gasteiger partial charge in [0.15, 0.2) is 0 Å². The second kappa shape index (κ2) is 2.45. The van der Waals surface area contributed by atoms with Crippen LogP contribution < -0.4 is 5.32 Å². The van der Waals surface area contributed by atoms with Gasteiger partial charge in [-0.2, -0.15) is 0 Å². The number of carbonyl (C=O) groups is 1.